The number of aliphatic carboxylic acids is 2. The Hall–Kier alpha value is -1.74. The second-order valence-electron chi connectivity index (χ2n) is 14.3. The lowest BCUT2D eigenvalue weighted by Gasteiger charge is -2.28. The maximum atomic E-state index is 11.6. The molecule has 8 bridgehead atoms. The van der Waals surface area contributed by atoms with E-state index in [-0.39, 0.29) is 24.9 Å². The van der Waals surface area contributed by atoms with E-state index in [1.165, 1.54) is 11.1 Å². The molecule has 0 aromatic carbocycles. The Balaban J connectivity index is 1.49. The maximum absolute atomic E-state index is 11.6. The van der Waals surface area contributed by atoms with E-state index in [1.54, 1.807) is 11.1 Å². The molecule has 0 radical (unpaired) electrons. The minimum absolute atomic E-state index is 0.197. The molecule has 8 heteroatoms. The molecule has 0 aromatic rings. The minimum Gasteiger partial charge on any atom is -0.481 e. The predicted octanol–water partition coefficient (Wildman–Crippen LogP) is 4.61. The van der Waals surface area contributed by atoms with Crippen molar-refractivity contribution in [3.05, 3.63) is 22.3 Å². The minimum atomic E-state index is -0.723. The highest BCUT2D eigenvalue weighted by Crippen LogP contribution is 2.43. The zero-order valence-corrected chi connectivity index (χ0v) is 26.7. The smallest absolute Gasteiger partial charge is 0.303 e. The van der Waals surface area contributed by atoms with Gasteiger partial charge in [-0.2, -0.15) is 0 Å². The monoisotopic (exact) mass is 584 g/mol. The van der Waals surface area contributed by atoms with Crippen molar-refractivity contribution in [2.24, 2.45) is 23.7 Å². The molecule has 42 heavy (non-hydrogen) atoms. The van der Waals surface area contributed by atoms with Gasteiger partial charge < -0.3 is 31.5 Å². The summed E-state index contributed by atoms with van der Waals surface area (Å²) < 4.78 is 0. The molecule has 3 saturated heterocycles. The highest BCUT2D eigenvalue weighted by molar-refractivity contribution is 5.67. The van der Waals surface area contributed by atoms with Crippen LogP contribution in [-0.4, -0.2) is 70.5 Å². The average Bonchev–Trinajstić information content (AvgIpc) is 3.59. The van der Waals surface area contributed by atoms with Crippen LogP contribution < -0.4 is 21.3 Å². The summed E-state index contributed by atoms with van der Waals surface area (Å²) in [6.07, 6.45) is 7.90. The zero-order chi connectivity index (χ0) is 30.3. The second kappa shape index (κ2) is 13.1. The van der Waals surface area contributed by atoms with Crippen molar-refractivity contribution < 1.29 is 19.8 Å². The molecule has 0 spiro atoms. The number of hydrogen-bond donors (Lipinski definition) is 6. The van der Waals surface area contributed by atoms with Crippen LogP contribution in [0.1, 0.15) is 106 Å². The molecule has 3 fully saturated rings. The summed E-state index contributed by atoms with van der Waals surface area (Å²) in [5, 5.41) is 35.4. The van der Waals surface area contributed by atoms with Crippen LogP contribution in [0.5, 0.6) is 0 Å². The van der Waals surface area contributed by atoms with Crippen molar-refractivity contribution in [2.45, 2.75) is 154 Å². The maximum Gasteiger partial charge on any atom is 0.303 e. The molecule has 0 aliphatic carbocycles. The predicted molar refractivity (Wildman–Crippen MR) is 166 cm³/mol. The topological polar surface area (TPSA) is 123 Å². The summed E-state index contributed by atoms with van der Waals surface area (Å²) >= 11 is 0. The van der Waals surface area contributed by atoms with Crippen LogP contribution in [0.15, 0.2) is 22.3 Å². The van der Waals surface area contributed by atoms with Crippen LogP contribution in [0.25, 0.3) is 0 Å². The van der Waals surface area contributed by atoms with Crippen molar-refractivity contribution in [1.82, 2.24) is 21.3 Å². The van der Waals surface area contributed by atoms with Gasteiger partial charge >= 0.3 is 11.9 Å². The fourth-order valence-electron chi connectivity index (χ4n) is 9.90. The zero-order valence-electron chi connectivity index (χ0n) is 26.7. The second-order valence-corrected chi connectivity index (χ2v) is 14.3. The molecule has 0 saturated carbocycles. The first-order valence-corrected chi connectivity index (χ1v) is 16.9. The molecular weight excluding hydrogens is 528 g/mol. The Morgan fingerprint density at radius 3 is 1.38 bits per heavy atom. The van der Waals surface area contributed by atoms with Gasteiger partial charge in [0.1, 0.15) is 0 Å². The Kier molecular flexibility index (Phi) is 9.87. The van der Waals surface area contributed by atoms with Crippen molar-refractivity contribution >= 4 is 11.9 Å². The number of carbonyl (C=O) groups is 2. The van der Waals surface area contributed by atoms with Crippen LogP contribution >= 0.6 is 0 Å². The van der Waals surface area contributed by atoms with Gasteiger partial charge in [0.2, 0.25) is 0 Å². The van der Waals surface area contributed by atoms with Crippen molar-refractivity contribution in [3.8, 4) is 0 Å². The van der Waals surface area contributed by atoms with E-state index in [2.05, 4.69) is 62.8 Å². The Bertz CT molecular complexity index is 1010. The fourth-order valence-corrected chi connectivity index (χ4v) is 9.90. The van der Waals surface area contributed by atoms with Crippen LogP contribution in [-0.2, 0) is 9.59 Å². The molecular formula is C34H56N4O4. The first-order valence-electron chi connectivity index (χ1n) is 16.9. The van der Waals surface area contributed by atoms with Gasteiger partial charge in [0.05, 0.1) is 0 Å². The van der Waals surface area contributed by atoms with E-state index in [1.807, 2.05) is 0 Å². The number of fused-ring (bicyclic) bond motifs is 8. The van der Waals surface area contributed by atoms with Gasteiger partial charge in [-0.15, -0.1) is 0 Å². The van der Waals surface area contributed by atoms with E-state index in [9.17, 15) is 19.8 Å². The Labute approximate surface area is 252 Å². The molecule has 236 valence electrons. The Morgan fingerprint density at radius 2 is 1.02 bits per heavy atom. The standard InChI is InChI=1S/C34H56N4O4/c1-7-21-17(3)25-13-26-18(4)22(8-2)30(36-26)15-28-20(6)24(10-12-34(41)42)32(38-28)16-31-23(9-11-33(39)40)19(5)27(37-31)14-29(21)35-25/h19-20,23-32,35-38H,7-16H2,1-6H3,(H,39,40)(H,41,42). The highest BCUT2D eigenvalue weighted by Gasteiger charge is 2.48. The first kappa shape index (κ1) is 31.7. The van der Waals surface area contributed by atoms with Crippen molar-refractivity contribution in [1.29, 1.82) is 0 Å². The van der Waals surface area contributed by atoms with Crippen LogP contribution in [0, 0.1) is 23.7 Å². The third-order valence-electron chi connectivity index (χ3n) is 12.3. The summed E-state index contributed by atoms with van der Waals surface area (Å²) in [5.41, 5.74) is 6.14. The summed E-state index contributed by atoms with van der Waals surface area (Å²) in [4.78, 5) is 23.3. The normalized spacial score (nSPS) is 42.0. The lowest BCUT2D eigenvalue weighted by atomic mass is 9.78. The van der Waals surface area contributed by atoms with Crippen LogP contribution in [0.4, 0.5) is 0 Å². The number of carboxylic acids is 2. The molecule has 6 N–H and O–H groups in total. The third-order valence-corrected chi connectivity index (χ3v) is 12.3. The van der Waals surface area contributed by atoms with E-state index in [0.717, 1.165) is 38.5 Å². The molecule has 5 aliphatic heterocycles. The van der Waals surface area contributed by atoms with Crippen molar-refractivity contribution in [2.75, 3.05) is 0 Å². The molecule has 0 amide bonds. The summed E-state index contributed by atoms with van der Waals surface area (Å²) in [5.74, 6) is -0.0995. The first-order chi connectivity index (χ1) is 20.0. The number of carboxylic acid groups (broad SMARTS) is 2. The molecule has 0 aromatic heterocycles. The number of rotatable bonds is 8. The largest absolute Gasteiger partial charge is 0.481 e. The van der Waals surface area contributed by atoms with Gasteiger partial charge in [-0.05, 0) is 88.9 Å². The summed E-state index contributed by atoms with van der Waals surface area (Å²) in [6, 6.07) is 2.51. The van der Waals surface area contributed by atoms with Crippen LogP contribution in [0.3, 0.4) is 0 Å². The molecule has 8 nitrogen and oxygen atoms in total. The van der Waals surface area contributed by atoms with Gasteiger partial charge in [0.15, 0.2) is 0 Å². The third kappa shape index (κ3) is 6.24. The lowest BCUT2D eigenvalue weighted by molar-refractivity contribution is -0.138. The lowest BCUT2D eigenvalue weighted by Crippen LogP contribution is -2.46. The van der Waals surface area contributed by atoms with Gasteiger partial charge in [0.25, 0.3) is 0 Å². The summed E-state index contributed by atoms with van der Waals surface area (Å²) in [6.45, 7) is 13.9. The van der Waals surface area contributed by atoms with Gasteiger partial charge in [-0.1, -0.05) is 50.0 Å². The fraction of sp³-hybridized carbons (Fsp3) is 0.824. The quantitative estimate of drug-likeness (QED) is 0.229. The molecule has 5 aliphatic rings. The number of nitrogens with one attached hydrogen (secondary N) is 4. The highest BCUT2D eigenvalue weighted by atomic mass is 16.4. The number of hydrogen-bond acceptors (Lipinski definition) is 6. The average molecular weight is 585 g/mol. The SMILES string of the molecule is CCC1=C(C)C2CC3NC(CC4NC(CC5NC(CC1N2)C(C)C5CCC(=O)O)C(CCC(=O)O)C4C)C(CC)=C3C. The molecule has 5 heterocycles. The van der Waals surface area contributed by atoms with Gasteiger partial charge in [-0.3, -0.25) is 9.59 Å². The molecule has 12 unspecified atom stereocenters. The molecule has 5 rings (SSSR count). The molecule has 12 atom stereocenters. The van der Waals surface area contributed by atoms with E-state index >= 15 is 0 Å². The summed E-state index contributed by atoms with van der Waals surface area (Å²) in [7, 11) is 0. The van der Waals surface area contributed by atoms with Gasteiger partial charge in [0, 0.05) is 61.2 Å². The van der Waals surface area contributed by atoms with E-state index < -0.39 is 11.9 Å². The van der Waals surface area contributed by atoms with Crippen LogP contribution in [0.2, 0.25) is 0 Å². The van der Waals surface area contributed by atoms with Crippen molar-refractivity contribution in [3.63, 3.8) is 0 Å². The Morgan fingerprint density at radius 1 is 0.619 bits per heavy atom. The van der Waals surface area contributed by atoms with E-state index in [0.29, 0.717) is 72.8 Å². The van der Waals surface area contributed by atoms with Gasteiger partial charge in [-0.25, -0.2) is 0 Å². The van der Waals surface area contributed by atoms with E-state index in [4.69, 9.17) is 0 Å².